The largest absolute Gasteiger partial charge is 0 e. The monoisotopic (exact) mass is 856 g/mol. The molecule has 47 heavy (non-hydrogen) atoms. The topological polar surface area (TPSA) is 38.9 Å². The van der Waals surface area contributed by atoms with Gasteiger partial charge in [-0.1, -0.05) is 85.8 Å². The summed E-state index contributed by atoms with van der Waals surface area (Å²) in [6, 6.07) is 43.4. The number of fused-ring (bicyclic) bond motifs is 3. The summed E-state index contributed by atoms with van der Waals surface area (Å²) in [5, 5.41) is 2.13. The average molecular weight is 855 g/mol. The second-order valence-electron chi connectivity index (χ2n) is 13.0. The fraction of sp³-hybridized carbons (Fsp3) is 0.190. The Labute approximate surface area is 296 Å². The van der Waals surface area contributed by atoms with Crippen LogP contribution in [-0.4, -0.2) is 23.2 Å². The van der Waals surface area contributed by atoms with Crippen molar-refractivity contribution in [1.82, 2.24) is 9.97 Å². The summed E-state index contributed by atoms with van der Waals surface area (Å²) < 4.78 is 16.6. The zero-order valence-electron chi connectivity index (χ0n) is 28.8. The van der Waals surface area contributed by atoms with Gasteiger partial charge in [0.05, 0.1) is 5.58 Å². The smallest absolute Gasteiger partial charge is 0 e. The van der Waals surface area contributed by atoms with Crippen LogP contribution in [0.5, 0.6) is 0 Å². The molecule has 0 N–H and O–H groups in total. The van der Waals surface area contributed by atoms with E-state index >= 15 is 0 Å². The van der Waals surface area contributed by atoms with Crippen molar-refractivity contribution in [1.29, 1.82) is 0 Å². The van der Waals surface area contributed by atoms with Gasteiger partial charge in [-0.25, -0.2) is 0 Å². The summed E-state index contributed by atoms with van der Waals surface area (Å²) in [4.78, 5) is 9.12. The SMILES string of the molecule is [2H]C(C)(c1ccnc(-c2[c-]ccc3c2oc2cc(-c4ccccc4)ccc23)c1)C(C)C.[CH3][Ge]([CH3])([CH3])[c]1ccc(-c2[c-]cccc2)nc1.[Ir]. The number of aromatic nitrogens is 2. The minimum Gasteiger partial charge on any atom is 0 e. The van der Waals surface area contributed by atoms with Crippen LogP contribution in [-0.2, 0) is 20.1 Å². The van der Waals surface area contributed by atoms with Gasteiger partial charge in [0.25, 0.3) is 0 Å². The van der Waals surface area contributed by atoms with Crippen LogP contribution in [0.4, 0.5) is 0 Å². The van der Waals surface area contributed by atoms with Crippen LogP contribution in [0.2, 0.25) is 17.3 Å². The Bertz CT molecular complexity index is 2120. The van der Waals surface area contributed by atoms with E-state index in [9.17, 15) is 0 Å². The first-order chi connectivity index (χ1) is 22.5. The van der Waals surface area contributed by atoms with E-state index in [0.29, 0.717) is 0 Å². The van der Waals surface area contributed by atoms with Gasteiger partial charge >= 0.3 is 99.8 Å². The maximum absolute atomic E-state index is 8.78. The van der Waals surface area contributed by atoms with Gasteiger partial charge in [-0.2, -0.15) is 0 Å². The summed E-state index contributed by atoms with van der Waals surface area (Å²) in [6.45, 7) is 6.10. The van der Waals surface area contributed by atoms with Gasteiger partial charge in [0.15, 0.2) is 0 Å². The fourth-order valence-electron chi connectivity index (χ4n) is 5.44. The Kier molecular flexibility index (Phi) is 10.5. The Balaban J connectivity index is 0.000000224. The molecule has 0 spiro atoms. The van der Waals surface area contributed by atoms with E-state index < -0.39 is 19.2 Å². The van der Waals surface area contributed by atoms with E-state index in [0.717, 1.165) is 61.1 Å². The molecule has 0 bridgehead atoms. The van der Waals surface area contributed by atoms with Crippen LogP contribution in [0.15, 0.2) is 126 Å². The van der Waals surface area contributed by atoms with Crippen molar-refractivity contribution in [3.63, 3.8) is 0 Å². The molecule has 0 saturated heterocycles. The standard InChI is InChI=1S/C28H24NO.C14H16GeN.Ir/c1-18(2)19(3)21-14-15-29-26(16-21)25-11-7-10-24-23-13-12-22(17-27(23)30-28(24)25)20-8-5-4-6-9-20;1-15(2,3)13-9-10-14(16-11-13)12-7-5-4-6-8-12;/h4-10,12-19H,1-3H3;4-7,9-11H,1-3H3;/q2*-1;/i19D;;. The van der Waals surface area contributed by atoms with Crippen molar-refractivity contribution >= 4 is 39.6 Å². The Hall–Kier alpha value is -3.83. The Morgan fingerprint density at radius 3 is 2.19 bits per heavy atom. The van der Waals surface area contributed by atoms with E-state index in [-0.39, 0.29) is 26.0 Å². The summed E-state index contributed by atoms with van der Waals surface area (Å²) in [5.74, 6) is 6.64. The van der Waals surface area contributed by atoms with E-state index in [1.165, 1.54) is 4.40 Å². The predicted molar refractivity (Wildman–Crippen MR) is 196 cm³/mol. The molecule has 3 aromatic heterocycles. The summed E-state index contributed by atoms with van der Waals surface area (Å²) in [6.07, 6.45) is 3.82. The Morgan fingerprint density at radius 1 is 0.723 bits per heavy atom. The van der Waals surface area contributed by atoms with Gasteiger partial charge in [-0.3, -0.25) is 0 Å². The number of furan rings is 1. The molecular formula is C42H40GeIrN2O-2. The first kappa shape index (κ1) is 33.1. The summed E-state index contributed by atoms with van der Waals surface area (Å²) in [7, 11) is 0. The number of hydrogen-bond donors (Lipinski definition) is 0. The van der Waals surface area contributed by atoms with Gasteiger partial charge in [0.2, 0.25) is 0 Å². The first-order valence-corrected chi connectivity index (χ1v) is 23.2. The van der Waals surface area contributed by atoms with E-state index in [1.54, 1.807) is 6.20 Å². The van der Waals surface area contributed by atoms with Gasteiger partial charge in [0.1, 0.15) is 5.58 Å². The van der Waals surface area contributed by atoms with Crippen molar-refractivity contribution in [2.24, 2.45) is 5.92 Å². The first-order valence-electron chi connectivity index (χ1n) is 16.4. The normalized spacial score (nSPS) is 13.0. The molecule has 1 atom stereocenters. The number of hydrogen-bond acceptors (Lipinski definition) is 3. The molecule has 3 nitrogen and oxygen atoms in total. The molecule has 7 aromatic rings. The number of rotatable bonds is 6. The zero-order valence-corrected chi connectivity index (χ0v) is 32.3. The molecule has 0 aliphatic heterocycles. The predicted octanol–water partition coefficient (Wildman–Crippen LogP) is 11.0. The zero-order chi connectivity index (χ0) is 33.2. The molecule has 1 radical (unpaired) electrons. The molecule has 0 aliphatic rings. The van der Waals surface area contributed by atoms with E-state index in [1.807, 2.05) is 79.9 Å². The third-order valence-electron chi connectivity index (χ3n) is 8.49. The molecule has 239 valence electrons. The van der Waals surface area contributed by atoms with Crippen molar-refractivity contribution < 1.29 is 25.9 Å². The summed E-state index contributed by atoms with van der Waals surface area (Å²) >= 11 is -1.72. The quantitative estimate of drug-likeness (QED) is 0.124. The van der Waals surface area contributed by atoms with Crippen molar-refractivity contribution in [2.75, 3.05) is 0 Å². The van der Waals surface area contributed by atoms with Crippen molar-refractivity contribution in [3.8, 4) is 33.6 Å². The molecule has 4 aromatic carbocycles. The molecule has 7 rings (SSSR count). The third kappa shape index (κ3) is 7.84. The molecule has 5 heteroatoms. The van der Waals surface area contributed by atoms with Crippen LogP contribution in [0.25, 0.3) is 55.6 Å². The third-order valence-corrected chi connectivity index (χ3v) is 12.7. The molecule has 0 fully saturated rings. The van der Waals surface area contributed by atoms with Crippen LogP contribution in [0, 0.1) is 18.1 Å². The molecule has 0 saturated carbocycles. The molecular weight excluding hydrogens is 813 g/mol. The van der Waals surface area contributed by atoms with Crippen LogP contribution >= 0.6 is 0 Å². The summed E-state index contributed by atoms with van der Waals surface area (Å²) in [5.41, 5.74) is 8.55. The molecule has 1 unspecified atom stereocenters. The average Bonchev–Trinajstić information content (AvgIpc) is 3.47. The molecule has 3 heterocycles. The second-order valence-corrected chi connectivity index (χ2v) is 23.7. The van der Waals surface area contributed by atoms with Gasteiger partial charge in [-0.15, -0.1) is 18.2 Å². The maximum Gasteiger partial charge on any atom is 0 e. The number of nitrogens with zero attached hydrogens (tertiary/aromatic N) is 2. The van der Waals surface area contributed by atoms with Gasteiger partial charge < -0.3 is 9.40 Å². The maximum atomic E-state index is 8.78. The van der Waals surface area contributed by atoms with Gasteiger partial charge in [-0.05, 0) is 40.8 Å². The fourth-order valence-corrected chi connectivity index (χ4v) is 7.61. The molecule has 0 aliphatic carbocycles. The van der Waals surface area contributed by atoms with E-state index in [4.69, 9.17) is 5.79 Å². The number of pyridine rings is 2. The second kappa shape index (κ2) is 14.9. The molecule has 0 amide bonds. The van der Waals surface area contributed by atoms with Crippen LogP contribution < -0.4 is 4.40 Å². The minimum absolute atomic E-state index is 0. The van der Waals surface area contributed by atoms with Crippen molar-refractivity contribution in [3.05, 3.63) is 139 Å². The van der Waals surface area contributed by atoms with E-state index in [2.05, 4.69) is 95.7 Å². The van der Waals surface area contributed by atoms with Crippen LogP contribution in [0.1, 0.15) is 33.6 Å². The van der Waals surface area contributed by atoms with Crippen LogP contribution in [0.3, 0.4) is 0 Å². The minimum atomic E-state index is -1.72. The van der Waals surface area contributed by atoms with Crippen molar-refractivity contribution in [2.45, 2.75) is 43.9 Å². The Morgan fingerprint density at radius 2 is 1.51 bits per heavy atom. The van der Waals surface area contributed by atoms with Gasteiger partial charge in [0, 0.05) is 33.1 Å². The number of benzene rings is 4.